The zero-order valence-corrected chi connectivity index (χ0v) is 11.7. The van der Waals surface area contributed by atoms with Gasteiger partial charge < -0.3 is 5.32 Å². The zero-order valence-electron chi connectivity index (χ0n) is 10.9. The second-order valence-electron chi connectivity index (χ2n) is 4.41. The molecule has 2 aromatic rings. The Morgan fingerprint density at radius 3 is 2.45 bits per heavy atom. The van der Waals surface area contributed by atoms with E-state index in [0.29, 0.717) is 16.1 Å². The van der Waals surface area contributed by atoms with Crippen molar-refractivity contribution in [2.45, 2.75) is 13.0 Å². The molecule has 0 bridgehead atoms. The molecule has 3 nitrogen and oxygen atoms in total. The maximum atomic E-state index is 12.1. The van der Waals surface area contributed by atoms with Crippen LogP contribution in [-0.4, -0.2) is 5.91 Å². The fourth-order valence-corrected chi connectivity index (χ4v) is 2.07. The molecular formula is C16H13ClN2O. The van der Waals surface area contributed by atoms with E-state index in [1.165, 1.54) is 0 Å². The molecule has 2 aromatic carbocycles. The molecule has 0 aliphatic heterocycles. The first-order valence-corrected chi connectivity index (χ1v) is 6.55. The quantitative estimate of drug-likeness (QED) is 0.934. The number of benzene rings is 2. The number of carbonyl (C=O) groups excluding carboxylic acids is 1. The Morgan fingerprint density at radius 1 is 1.20 bits per heavy atom. The lowest BCUT2D eigenvalue weighted by atomic mass is 10.1. The van der Waals surface area contributed by atoms with Gasteiger partial charge in [0.15, 0.2) is 0 Å². The van der Waals surface area contributed by atoms with Crippen molar-refractivity contribution < 1.29 is 4.79 Å². The maximum Gasteiger partial charge on any atom is 0.253 e. The summed E-state index contributed by atoms with van der Waals surface area (Å²) < 4.78 is 0. The fourth-order valence-electron chi connectivity index (χ4n) is 1.85. The van der Waals surface area contributed by atoms with Gasteiger partial charge in [0, 0.05) is 0 Å². The molecule has 0 spiro atoms. The molecule has 100 valence electrons. The van der Waals surface area contributed by atoms with Crippen molar-refractivity contribution in [1.82, 2.24) is 5.32 Å². The van der Waals surface area contributed by atoms with Gasteiger partial charge in [0.1, 0.15) is 0 Å². The van der Waals surface area contributed by atoms with Crippen LogP contribution < -0.4 is 5.32 Å². The molecule has 0 heterocycles. The molecular weight excluding hydrogens is 272 g/mol. The molecule has 0 aromatic heterocycles. The van der Waals surface area contributed by atoms with Gasteiger partial charge in [-0.2, -0.15) is 5.26 Å². The van der Waals surface area contributed by atoms with E-state index in [1.807, 2.05) is 19.1 Å². The molecule has 1 N–H and O–H groups in total. The number of carbonyl (C=O) groups is 1. The molecule has 0 fully saturated rings. The average Bonchev–Trinajstić information content (AvgIpc) is 2.47. The molecule has 1 unspecified atom stereocenters. The highest BCUT2D eigenvalue weighted by atomic mass is 35.5. The normalized spacial score (nSPS) is 11.4. The monoisotopic (exact) mass is 284 g/mol. The van der Waals surface area contributed by atoms with E-state index < -0.39 is 0 Å². The van der Waals surface area contributed by atoms with Crippen molar-refractivity contribution in [2.24, 2.45) is 0 Å². The van der Waals surface area contributed by atoms with Gasteiger partial charge in [-0.15, -0.1) is 0 Å². The number of amides is 1. The molecule has 20 heavy (non-hydrogen) atoms. The van der Waals surface area contributed by atoms with Crippen molar-refractivity contribution >= 4 is 17.5 Å². The molecule has 0 radical (unpaired) electrons. The van der Waals surface area contributed by atoms with Crippen LogP contribution in [0.4, 0.5) is 0 Å². The molecule has 4 heteroatoms. The van der Waals surface area contributed by atoms with Crippen molar-refractivity contribution in [2.75, 3.05) is 0 Å². The minimum Gasteiger partial charge on any atom is -0.345 e. The summed E-state index contributed by atoms with van der Waals surface area (Å²) in [6.07, 6.45) is 0. The standard InChI is InChI=1S/C16H13ClN2O/c1-11(13-8-6-12(10-18)7-9-13)19-16(20)14-4-2-3-5-15(14)17/h2-9,11H,1H3,(H,19,20). The summed E-state index contributed by atoms with van der Waals surface area (Å²) in [5.74, 6) is -0.215. The lowest BCUT2D eigenvalue weighted by Crippen LogP contribution is -2.26. The summed E-state index contributed by atoms with van der Waals surface area (Å²) in [4.78, 5) is 12.1. The van der Waals surface area contributed by atoms with Crippen LogP contribution in [0.2, 0.25) is 5.02 Å². The van der Waals surface area contributed by atoms with Gasteiger partial charge >= 0.3 is 0 Å². The number of halogens is 1. The van der Waals surface area contributed by atoms with Crippen molar-refractivity contribution in [3.05, 3.63) is 70.2 Å². The molecule has 0 aliphatic carbocycles. The third-order valence-corrected chi connectivity index (χ3v) is 3.34. The lowest BCUT2D eigenvalue weighted by Gasteiger charge is -2.15. The second kappa shape index (κ2) is 6.23. The molecule has 1 atom stereocenters. The van der Waals surface area contributed by atoms with Crippen LogP contribution in [0.25, 0.3) is 0 Å². The number of hydrogen-bond donors (Lipinski definition) is 1. The third-order valence-electron chi connectivity index (χ3n) is 3.01. The average molecular weight is 285 g/mol. The fraction of sp³-hybridized carbons (Fsp3) is 0.125. The van der Waals surface area contributed by atoms with Gasteiger partial charge in [-0.05, 0) is 36.8 Å². The lowest BCUT2D eigenvalue weighted by molar-refractivity contribution is 0.0940. The minimum atomic E-state index is -0.215. The second-order valence-corrected chi connectivity index (χ2v) is 4.82. The Labute approximate surface area is 122 Å². The highest BCUT2D eigenvalue weighted by molar-refractivity contribution is 6.33. The van der Waals surface area contributed by atoms with Crippen LogP contribution >= 0.6 is 11.6 Å². The van der Waals surface area contributed by atoms with Crippen LogP contribution in [0, 0.1) is 11.3 Å². The predicted molar refractivity (Wildman–Crippen MR) is 78.5 cm³/mol. The number of hydrogen-bond acceptors (Lipinski definition) is 2. The molecule has 0 saturated carbocycles. The summed E-state index contributed by atoms with van der Waals surface area (Å²) in [5.41, 5.74) is 1.98. The number of nitriles is 1. The Morgan fingerprint density at radius 2 is 1.85 bits per heavy atom. The minimum absolute atomic E-state index is 0.161. The van der Waals surface area contributed by atoms with E-state index in [4.69, 9.17) is 16.9 Å². The van der Waals surface area contributed by atoms with Gasteiger partial charge in [-0.1, -0.05) is 35.9 Å². The van der Waals surface area contributed by atoms with E-state index in [1.54, 1.807) is 36.4 Å². The van der Waals surface area contributed by atoms with E-state index in [-0.39, 0.29) is 11.9 Å². The Hall–Kier alpha value is -2.31. The Balaban J connectivity index is 2.11. The molecule has 2 rings (SSSR count). The van der Waals surface area contributed by atoms with Crippen LogP contribution in [0.15, 0.2) is 48.5 Å². The van der Waals surface area contributed by atoms with Gasteiger partial charge in [0.05, 0.1) is 28.3 Å². The topological polar surface area (TPSA) is 52.9 Å². The molecule has 1 amide bonds. The van der Waals surface area contributed by atoms with Gasteiger partial charge in [-0.3, -0.25) is 4.79 Å². The first-order chi connectivity index (χ1) is 9.61. The zero-order chi connectivity index (χ0) is 14.5. The summed E-state index contributed by atoms with van der Waals surface area (Å²) in [6, 6.07) is 15.9. The van der Waals surface area contributed by atoms with Crippen LogP contribution in [0.3, 0.4) is 0 Å². The Bertz CT molecular complexity index is 659. The smallest absolute Gasteiger partial charge is 0.253 e. The number of nitrogens with one attached hydrogen (secondary N) is 1. The van der Waals surface area contributed by atoms with Crippen molar-refractivity contribution in [3.8, 4) is 6.07 Å². The third kappa shape index (κ3) is 3.17. The van der Waals surface area contributed by atoms with Crippen molar-refractivity contribution in [3.63, 3.8) is 0 Å². The van der Waals surface area contributed by atoms with Gasteiger partial charge in [0.2, 0.25) is 0 Å². The van der Waals surface area contributed by atoms with Crippen LogP contribution in [-0.2, 0) is 0 Å². The highest BCUT2D eigenvalue weighted by Crippen LogP contribution is 2.18. The SMILES string of the molecule is CC(NC(=O)c1ccccc1Cl)c1ccc(C#N)cc1. The van der Waals surface area contributed by atoms with E-state index in [0.717, 1.165) is 5.56 Å². The van der Waals surface area contributed by atoms with E-state index >= 15 is 0 Å². The number of rotatable bonds is 3. The first-order valence-electron chi connectivity index (χ1n) is 6.17. The first kappa shape index (κ1) is 14.1. The Kier molecular flexibility index (Phi) is 4.39. The summed E-state index contributed by atoms with van der Waals surface area (Å²) in [5, 5.41) is 12.1. The van der Waals surface area contributed by atoms with E-state index in [2.05, 4.69) is 11.4 Å². The largest absolute Gasteiger partial charge is 0.345 e. The van der Waals surface area contributed by atoms with Crippen LogP contribution in [0.1, 0.15) is 34.5 Å². The van der Waals surface area contributed by atoms with Gasteiger partial charge in [-0.25, -0.2) is 0 Å². The van der Waals surface area contributed by atoms with E-state index in [9.17, 15) is 4.79 Å². The predicted octanol–water partition coefficient (Wildman–Crippen LogP) is 3.70. The van der Waals surface area contributed by atoms with Gasteiger partial charge in [0.25, 0.3) is 5.91 Å². The summed E-state index contributed by atoms with van der Waals surface area (Å²) in [6.45, 7) is 1.89. The molecule has 0 saturated heterocycles. The summed E-state index contributed by atoms with van der Waals surface area (Å²) in [7, 11) is 0. The maximum absolute atomic E-state index is 12.1. The summed E-state index contributed by atoms with van der Waals surface area (Å²) >= 11 is 5.99. The highest BCUT2D eigenvalue weighted by Gasteiger charge is 2.13. The van der Waals surface area contributed by atoms with Crippen LogP contribution in [0.5, 0.6) is 0 Å². The van der Waals surface area contributed by atoms with Crippen molar-refractivity contribution in [1.29, 1.82) is 5.26 Å². The number of nitrogens with zero attached hydrogens (tertiary/aromatic N) is 1. The molecule has 0 aliphatic rings.